The van der Waals surface area contributed by atoms with Crippen LogP contribution in [0.15, 0.2) is 50.7 Å². The van der Waals surface area contributed by atoms with E-state index in [-0.39, 0.29) is 23.9 Å². The summed E-state index contributed by atoms with van der Waals surface area (Å²) < 4.78 is 29.5. The highest BCUT2D eigenvalue weighted by Crippen LogP contribution is 2.46. The molecule has 2 aliphatic rings. The molecule has 1 N–H and O–H groups in total. The van der Waals surface area contributed by atoms with E-state index in [4.69, 9.17) is 9.15 Å². The molecular formula is C30H32FN3O6S. The lowest BCUT2D eigenvalue weighted by Gasteiger charge is -2.27. The van der Waals surface area contributed by atoms with Crippen molar-refractivity contribution in [2.75, 3.05) is 0 Å². The summed E-state index contributed by atoms with van der Waals surface area (Å²) in [5.74, 6) is -0.315. The Morgan fingerprint density at radius 2 is 1.95 bits per heavy atom. The minimum absolute atomic E-state index is 0.0876. The van der Waals surface area contributed by atoms with Crippen molar-refractivity contribution >= 4 is 27.5 Å². The van der Waals surface area contributed by atoms with E-state index < -0.39 is 34.7 Å². The summed E-state index contributed by atoms with van der Waals surface area (Å²) in [5.41, 5.74) is -2.54. The third kappa shape index (κ3) is 4.64. The van der Waals surface area contributed by atoms with E-state index in [1.54, 1.807) is 25.1 Å². The lowest BCUT2D eigenvalue weighted by atomic mass is 10.0. The number of hydrogen-bond donors (Lipinski definition) is 1. The van der Waals surface area contributed by atoms with Gasteiger partial charge in [0.15, 0.2) is 0 Å². The van der Waals surface area contributed by atoms with Crippen LogP contribution < -0.4 is 11.2 Å². The number of aryl methyl sites for hydroxylation is 1. The lowest BCUT2D eigenvalue weighted by molar-refractivity contribution is -0.146. The molecule has 0 spiro atoms. The van der Waals surface area contributed by atoms with Crippen LogP contribution >= 0.6 is 11.3 Å². The van der Waals surface area contributed by atoms with Crippen molar-refractivity contribution in [3.8, 4) is 10.8 Å². The molecule has 4 aromatic rings. The van der Waals surface area contributed by atoms with Gasteiger partial charge in [-0.2, -0.15) is 0 Å². The number of benzene rings is 1. The SMILES string of the molecule is Cc1c(-c2ncco2)sc2c1c(=O)n(C(C)(C)C(=O)O)c(=O)n2CC(OC1C[C@H]2CCC[C@H]2C1)c1ccccc1F. The molecule has 2 unspecified atom stereocenters. The number of aromatic nitrogens is 3. The largest absolute Gasteiger partial charge is 0.480 e. The second-order valence-corrected chi connectivity index (χ2v) is 12.7. The number of nitrogens with zero attached hydrogens (tertiary/aromatic N) is 3. The summed E-state index contributed by atoms with van der Waals surface area (Å²) in [7, 11) is 0. The van der Waals surface area contributed by atoms with Gasteiger partial charge in [-0.1, -0.05) is 37.5 Å². The summed E-state index contributed by atoms with van der Waals surface area (Å²) in [6.45, 7) is 4.23. The fraction of sp³-hybridized carbons (Fsp3) is 0.467. The zero-order valence-electron chi connectivity index (χ0n) is 23.1. The van der Waals surface area contributed by atoms with Gasteiger partial charge >= 0.3 is 11.7 Å². The van der Waals surface area contributed by atoms with Crippen LogP contribution in [-0.2, 0) is 21.6 Å². The van der Waals surface area contributed by atoms with Crippen LogP contribution in [0.3, 0.4) is 0 Å². The van der Waals surface area contributed by atoms with Crippen molar-refractivity contribution in [2.45, 2.75) is 77.2 Å². The van der Waals surface area contributed by atoms with Gasteiger partial charge in [-0.3, -0.25) is 9.36 Å². The number of oxazole rings is 1. The van der Waals surface area contributed by atoms with Crippen LogP contribution in [0.2, 0.25) is 0 Å². The Morgan fingerprint density at radius 3 is 2.59 bits per heavy atom. The number of ether oxygens (including phenoxy) is 1. The second kappa shape index (κ2) is 10.4. The first-order valence-corrected chi connectivity index (χ1v) is 14.7. The van der Waals surface area contributed by atoms with Crippen LogP contribution in [-0.4, -0.2) is 31.3 Å². The Hall–Kier alpha value is -3.57. The molecule has 11 heteroatoms. The average molecular weight is 582 g/mol. The molecule has 0 amide bonds. The molecule has 4 atom stereocenters. The molecule has 3 aromatic heterocycles. The Bertz CT molecular complexity index is 1730. The summed E-state index contributed by atoms with van der Waals surface area (Å²) in [4.78, 5) is 45.3. The molecule has 216 valence electrons. The zero-order chi connectivity index (χ0) is 29.1. The van der Waals surface area contributed by atoms with Gasteiger partial charge < -0.3 is 14.3 Å². The number of carboxylic acid groups (broad SMARTS) is 1. The number of carbonyl (C=O) groups is 1. The van der Waals surface area contributed by atoms with Crippen molar-refractivity contribution in [1.29, 1.82) is 0 Å². The predicted octanol–water partition coefficient (Wildman–Crippen LogP) is 5.48. The molecule has 2 aliphatic carbocycles. The minimum Gasteiger partial charge on any atom is -0.480 e. The standard InChI is InChI=1S/C30H32FN3O6S/c1-16-23-26(35)34(30(2,3)28(36)37)29(38)33(27(23)41-24(16)25-32-11-12-39-25)15-22(20-9-4-5-10-21(20)31)40-19-13-17-7-6-8-18(17)14-19/h4-5,9-12,17-19,22H,6-8,13-15H2,1-3H3,(H,36,37)/t17-,18+,19?,22?. The molecule has 0 aliphatic heterocycles. The minimum atomic E-state index is -1.85. The number of hydrogen-bond acceptors (Lipinski definition) is 7. The summed E-state index contributed by atoms with van der Waals surface area (Å²) >= 11 is 1.16. The molecule has 41 heavy (non-hydrogen) atoms. The average Bonchev–Trinajstić information content (AvgIpc) is 3.71. The van der Waals surface area contributed by atoms with Gasteiger partial charge in [0.2, 0.25) is 5.89 Å². The van der Waals surface area contributed by atoms with Gasteiger partial charge in [-0.05, 0) is 57.1 Å². The number of thiophene rings is 1. The maximum atomic E-state index is 15.2. The molecular weight excluding hydrogens is 549 g/mol. The molecule has 0 radical (unpaired) electrons. The quantitative estimate of drug-likeness (QED) is 0.293. The van der Waals surface area contributed by atoms with E-state index in [2.05, 4.69) is 4.98 Å². The third-order valence-electron chi connectivity index (χ3n) is 8.83. The van der Waals surface area contributed by atoms with Crippen LogP contribution in [0.25, 0.3) is 21.0 Å². The fourth-order valence-corrected chi connectivity index (χ4v) is 7.84. The van der Waals surface area contributed by atoms with E-state index >= 15 is 4.39 Å². The second-order valence-electron chi connectivity index (χ2n) is 11.7. The first-order chi connectivity index (χ1) is 19.6. The highest BCUT2D eigenvalue weighted by Gasteiger charge is 2.40. The van der Waals surface area contributed by atoms with Crippen LogP contribution in [0.4, 0.5) is 4.39 Å². The third-order valence-corrected chi connectivity index (χ3v) is 10.1. The Labute approximate surface area is 239 Å². The van der Waals surface area contributed by atoms with Gasteiger partial charge in [0.1, 0.15) is 28.6 Å². The molecule has 2 saturated carbocycles. The van der Waals surface area contributed by atoms with Crippen LogP contribution in [0.1, 0.15) is 63.2 Å². The van der Waals surface area contributed by atoms with Gasteiger partial charge in [-0.25, -0.2) is 23.5 Å². The maximum Gasteiger partial charge on any atom is 0.333 e. The first kappa shape index (κ1) is 27.6. The first-order valence-electron chi connectivity index (χ1n) is 13.9. The van der Waals surface area contributed by atoms with Crippen LogP contribution in [0.5, 0.6) is 0 Å². The fourth-order valence-electron chi connectivity index (χ4n) is 6.60. The Morgan fingerprint density at radius 1 is 1.24 bits per heavy atom. The van der Waals surface area contributed by atoms with Crippen molar-refractivity contribution in [1.82, 2.24) is 14.1 Å². The van der Waals surface area contributed by atoms with Gasteiger partial charge in [-0.15, -0.1) is 11.3 Å². The van der Waals surface area contributed by atoms with E-state index in [0.29, 0.717) is 32.7 Å². The van der Waals surface area contributed by atoms with Crippen molar-refractivity contribution in [3.05, 3.63) is 74.5 Å². The number of fused-ring (bicyclic) bond motifs is 2. The van der Waals surface area contributed by atoms with E-state index in [1.165, 1.54) is 56.2 Å². The zero-order valence-corrected chi connectivity index (χ0v) is 23.9. The van der Waals surface area contributed by atoms with Gasteiger partial charge in [0.25, 0.3) is 5.56 Å². The molecule has 9 nitrogen and oxygen atoms in total. The van der Waals surface area contributed by atoms with E-state index in [0.717, 1.165) is 28.7 Å². The van der Waals surface area contributed by atoms with Gasteiger partial charge in [0.05, 0.1) is 29.1 Å². The monoisotopic (exact) mass is 581 g/mol. The molecule has 1 aromatic carbocycles. The molecule has 0 bridgehead atoms. The topological polar surface area (TPSA) is 117 Å². The maximum absolute atomic E-state index is 15.2. The predicted molar refractivity (Wildman–Crippen MR) is 152 cm³/mol. The van der Waals surface area contributed by atoms with E-state index in [1.807, 2.05) is 0 Å². The number of halogens is 1. The van der Waals surface area contributed by atoms with E-state index in [9.17, 15) is 19.5 Å². The van der Waals surface area contributed by atoms with Crippen molar-refractivity contribution in [2.24, 2.45) is 11.8 Å². The van der Waals surface area contributed by atoms with Crippen molar-refractivity contribution < 1.29 is 23.4 Å². The molecule has 2 fully saturated rings. The number of aliphatic carboxylic acids is 1. The lowest BCUT2D eigenvalue weighted by Crippen LogP contribution is -2.52. The summed E-state index contributed by atoms with van der Waals surface area (Å²) in [6, 6.07) is 6.33. The highest BCUT2D eigenvalue weighted by atomic mass is 32.1. The normalized spacial score (nSPS) is 21.4. The van der Waals surface area contributed by atoms with Crippen LogP contribution in [0, 0.1) is 24.6 Å². The van der Waals surface area contributed by atoms with Gasteiger partial charge in [0, 0.05) is 5.56 Å². The molecule has 3 heterocycles. The number of carboxylic acids is 1. The highest BCUT2D eigenvalue weighted by molar-refractivity contribution is 7.22. The smallest absolute Gasteiger partial charge is 0.333 e. The molecule has 0 saturated heterocycles. The Kier molecular flexibility index (Phi) is 6.97. The summed E-state index contributed by atoms with van der Waals surface area (Å²) in [6.07, 6.45) is 7.30. The summed E-state index contributed by atoms with van der Waals surface area (Å²) in [5, 5.41) is 10.2. The Balaban J connectivity index is 1.54. The number of rotatable bonds is 8. The molecule has 6 rings (SSSR count). The van der Waals surface area contributed by atoms with Crippen molar-refractivity contribution in [3.63, 3.8) is 0 Å².